The van der Waals surface area contributed by atoms with Crippen LogP contribution in [0.2, 0.25) is 0 Å². The molecule has 0 fully saturated rings. The molecule has 1 unspecified atom stereocenters. The van der Waals surface area contributed by atoms with E-state index in [-0.39, 0.29) is 16.8 Å². The molecule has 56 heavy (non-hydrogen) atoms. The molecule has 0 heterocycles. The summed E-state index contributed by atoms with van der Waals surface area (Å²) in [6, 6.07) is 32.7. The summed E-state index contributed by atoms with van der Waals surface area (Å²) in [5.74, 6) is -1.93. The van der Waals surface area contributed by atoms with Crippen LogP contribution in [0.5, 0.6) is 23.0 Å². The lowest BCUT2D eigenvalue weighted by Crippen LogP contribution is -2.22. The van der Waals surface area contributed by atoms with Crippen molar-refractivity contribution in [3.63, 3.8) is 0 Å². The second-order valence-corrected chi connectivity index (χ2v) is 11.9. The number of carbonyl (C=O) groups is 3. The van der Waals surface area contributed by atoms with Crippen LogP contribution in [0.4, 0.5) is 17.1 Å². The van der Waals surface area contributed by atoms with Crippen LogP contribution in [0.1, 0.15) is 48.2 Å². The first-order chi connectivity index (χ1) is 26.9. The summed E-state index contributed by atoms with van der Waals surface area (Å²) in [6.07, 6.45) is 0. The van der Waals surface area contributed by atoms with E-state index in [4.69, 9.17) is 9.47 Å². The maximum atomic E-state index is 12.9. The number of carboxylic acid groups (broad SMARTS) is 2. The highest BCUT2D eigenvalue weighted by molar-refractivity contribution is 6.13. The largest absolute Gasteiger partial charge is 0.478 e. The Bertz CT molecular complexity index is 2390. The first kappa shape index (κ1) is 37.8. The molecule has 1 atom stereocenters. The minimum Gasteiger partial charge on any atom is -0.478 e. The van der Waals surface area contributed by atoms with Crippen molar-refractivity contribution in [1.29, 1.82) is 0 Å². The number of benzene rings is 6. The summed E-state index contributed by atoms with van der Waals surface area (Å²) in [7, 11) is 0. The Labute approximate surface area is 316 Å². The topological polar surface area (TPSA) is 241 Å². The van der Waals surface area contributed by atoms with E-state index in [1.54, 1.807) is 60.7 Å². The number of nitrogens with zero attached hydrogens (tertiary/aromatic N) is 2. The summed E-state index contributed by atoms with van der Waals surface area (Å²) in [6.45, 7) is 0. The number of carboxylic acids is 2. The van der Waals surface area contributed by atoms with Gasteiger partial charge in [0.2, 0.25) is 0 Å². The van der Waals surface area contributed by atoms with Crippen molar-refractivity contribution >= 4 is 34.9 Å². The minimum atomic E-state index is -1.48. The lowest BCUT2D eigenvalue weighted by molar-refractivity contribution is -0.385. The van der Waals surface area contributed by atoms with E-state index in [1.165, 1.54) is 30.3 Å². The number of carbonyl (C=O) groups excluding carboxylic acids is 1. The fraction of sp³-hybridized carbons (Fsp3) is 0.0250. The second-order valence-electron chi connectivity index (χ2n) is 11.9. The van der Waals surface area contributed by atoms with Gasteiger partial charge in [-0.2, -0.15) is 5.48 Å². The lowest BCUT2D eigenvalue weighted by Gasteiger charge is -2.18. The molecule has 0 bridgehead atoms. The molecule has 280 valence electrons. The molecule has 0 saturated heterocycles. The molecule has 1 amide bonds. The fourth-order valence-corrected chi connectivity index (χ4v) is 5.85. The molecule has 0 radical (unpaired) electrons. The normalized spacial score (nSPS) is 11.2. The number of hydrogen-bond donors (Lipinski definition) is 5. The van der Waals surface area contributed by atoms with E-state index in [1.807, 2.05) is 29.7 Å². The summed E-state index contributed by atoms with van der Waals surface area (Å²) in [5, 5.41) is 54.5. The van der Waals surface area contributed by atoms with Crippen molar-refractivity contribution in [3.8, 4) is 34.1 Å². The first-order valence-corrected chi connectivity index (χ1v) is 16.4. The molecule has 0 aliphatic carbocycles. The predicted octanol–water partition coefficient (Wildman–Crippen LogP) is 8.47. The van der Waals surface area contributed by atoms with Gasteiger partial charge in [0.1, 0.15) is 28.6 Å². The van der Waals surface area contributed by atoms with Gasteiger partial charge in [-0.3, -0.25) is 25.0 Å². The van der Waals surface area contributed by atoms with Gasteiger partial charge in [-0.05, 0) is 89.5 Å². The van der Waals surface area contributed by atoms with Crippen LogP contribution in [0.25, 0.3) is 11.1 Å². The predicted molar refractivity (Wildman–Crippen MR) is 200 cm³/mol. The molecular formula is C40H28N4O12. The molecule has 6 aromatic rings. The highest BCUT2D eigenvalue weighted by Crippen LogP contribution is 2.35. The van der Waals surface area contributed by atoms with E-state index >= 15 is 0 Å². The van der Waals surface area contributed by atoms with Gasteiger partial charge in [0.05, 0.1) is 32.6 Å². The third-order valence-electron chi connectivity index (χ3n) is 8.46. The standard InChI is InChI=1S/C40H28N4O12/c45-38(36-32(40(48)49)4-2-6-34(36)44(53)54)41-26-13-21-30(22-14-26)56-28-17-9-24(10-18-28)23-7-15-27(16-8-23)55-29-19-11-25(12-20-29)37(42-50)35-31(39(46)47)3-1-5-33(35)43(51)52/h1-22,37,42,50H,(H,41,45)(H,46,47)(H,48,49). The van der Waals surface area contributed by atoms with Gasteiger partial charge in [-0.1, -0.05) is 48.5 Å². The molecule has 6 aromatic carbocycles. The van der Waals surface area contributed by atoms with Crippen molar-refractivity contribution in [3.05, 3.63) is 182 Å². The third kappa shape index (κ3) is 8.31. The number of hydrogen-bond acceptors (Lipinski definition) is 11. The molecule has 5 N–H and O–H groups in total. The molecule has 0 aliphatic heterocycles. The van der Waals surface area contributed by atoms with Crippen molar-refractivity contribution < 1.29 is 49.1 Å². The Morgan fingerprint density at radius 3 is 1.45 bits per heavy atom. The number of nitro benzene ring substituents is 2. The van der Waals surface area contributed by atoms with Gasteiger partial charge < -0.3 is 30.2 Å². The minimum absolute atomic E-state index is 0.199. The van der Waals surface area contributed by atoms with Crippen LogP contribution < -0.4 is 20.3 Å². The number of amides is 1. The molecular weight excluding hydrogens is 728 g/mol. The average Bonchev–Trinajstić information content (AvgIpc) is 3.19. The Morgan fingerprint density at radius 1 is 0.571 bits per heavy atom. The zero-order chi connectivity index (χ0) is 39.9. The SMILES string of the molecule is O=C(O)c1cccc([N+](=O)[O-])c1C(=O)Nc1ccc(Oc2ccc(-c3ccc(Oc4ccc(C(NO)c5c(C(=O)O)cccc5[N+](=O)[O-])cc4)cc3)cc2)cc1. The lowest BCUT2D eigenvalue weighted by atomic mass is 9.93. The first-order valence-electron chi connectivity index (χ1n) is 16.4. The highest BCUT2D eigenvalue weighted by Gasteiger charge is 2.30. The van der Waals surface area contributed by atoms with Gasteiger partial charge in [-0.25, -0.2) is 9.59 Å². The molecule has 0 aromatic heterocycles. The summed E-state index contributed by atoms with van der Waals surface area (Å²) in [5.41, 5.74) is 1.68. The molecule has 16 heteroatoms. The van der Waals surface area contributed by atoms with Gasteiger partial charge >= 0.3 is 11.9 Å². The van der Waals surface area contributed by atoms with Crippen molar-refractivity contribution in [2.75, 3.05) is 5.32 Å². The van der Waals surface area contributed by atoms with E-state index in [0.717, 1.165) is 29.3 Å². The maximum absolute atomic E-state index is 12.9. The Kier molecular flexibility index (Phi) is 11.1. The van der Waals surface area contributed by atoms with Gasteiger partial charge in [0.15, 0.2) is 0 Å². The molecule has 6 rings (SSSR count). The number of ether oxygens (including phenoxy) is 2. The Morgan fingerprint density at radius 2 is 1.00 bits per heavy atom. The van der Waals surface area contributed by atoms with E-state index < -0.39 is 56.2 Å². The molecule has 16 nitrogen and oxygen atoms in total. The monoisotopic (exact) mass is 756 g/mol. The number of nitrogens with one attached hydrogen (secondary N) is 2. The average molecular weight is 757 g/mol. The molecule has 0 spiro atoms. The van der Waals surface area contributed by atoms with Crippen molar-refractivity contribution in [2.24, 2.45) is 0 Å². The van der Waals surface area contributed by atoms with Crippen LogP contribution in [0.15, 0.2) is 133 Å². The maximum Gasteiger partial charge on any atom is 0.336 e. The van der Waals surface area contributed by atoms with E-state index in [2.05, 4.69) is 5.32 Å². The van der Waals surface area contributed by atoms with Gasteiger partial charge in [0, 0.05) is 17.8 Å². The van der Waals surface area contributed by atoms with E-state index in [0.29, 0.717) is 28.6 Å². The number of rotatable bonds is 14. The fourth-order valence-electron chi connectivity index (χ4n) is 5.85. The smallest absolute Gasteiger partial charge is 0.336 e. The quantitative estimate of drug-likeness (QED) is 0.0518. The second kappa shape index (κ2) is 16.4. The van der Waals surface area contributed by atoms with Crippen LogP contribution in [0.3, 0.4) is 0 Å². The van der Waals surface area contributed by atoms with Gasteiger partial charge in [0.25, 0.3) is 17.3 Å². The summed E-state index contributed by atoms with van der Waals surface area (Å²) >= 11 is 0. The van der Waals surface area contributed by atoms with Crippen LogP contribution in [-0.4, -0.2) is 43.1 Å². The molecule has 0 aliphatic rings. The highest BCUT2D eigenvalue weighted by atomic mass is 16.6. The third-order valence-corrected chi connectivity index (χ3v) is 8.46. The summed E-state index contributed by atoms with van der Waals surface area (Å²) < 4.78 is 11.9. The number of nitro groups is 2. The number of anilines is 1. The van der Waals surface area contributed by atoms with E-state index in [9.17, 15) is 50.0 Å². The number of aromatic carboxylic acids is 2. The Balaban J connectivity index is 1.07. The van der Waals surface area contributed by atoms with Crippen LogP contribution in [0, 0.1) is 20.2 Å². The van der Waals surface area contributed by atoms with Crippen LogP contribution in [-0.2, 0) is 0 Å². The zero-order valence-corrected chi connectivity index (χ0v) is 28.7. The molecule has 0 saturated carbocycles. The Hall–Kier alpha value is -7.95. The summed E-state index contributed by atoms with van der Waals surface area (Å²) in [4.78, 5) is 57.8. The van der Waals surface area contributed by atoms with Crippen molar-refractivity contribution in [2.45, 2.75) is 6.04 Å². The van der Waals surface area contributed by atoms with Crippen LogP contribution >= 0.6 is 0 Å². The zero-order valence-electron chi connectivity index (χ0n) is 28.7. The van der Waals surface area contributed by atoms with Crippen molar-refractivity contribution in [1.82, 2.24) is 5.48 Å². The number of hydroxylamine groups is 1. The van der Waals surface area contributed by atoms with Gasteiger partial charge in [-0.15, -0.1) is 0 Å².